The number of hydrogen-bond donors (Lipinski definition) is 1. The van der Waals surface area contributed by atoms with Crippen molar-refractivity contribution in [3.8, 4) is 5.82 Å². The highest BCUT2D eigenvalue weighted by Crippen LogP contribution is 2.19. The Bertz CT molecular complexity index is 487. The molecule has 0 saturated carbocycles. The lowest BCUT2D eigenvalue weighted by Crippen LogP contribution is -2.09. The van der Waals surface area contributed by atoms with Crippen LogP contribution in [0.2, 0.25) is 0 Å². The predicted molar refractivity (Wildman–Crippen MR) is 62.4 cm³/mol. The average molecular weight is 217 g/mol. The monoisotopic (exact) mass is 217 g/mol. The summed E-state index contributed by atoms with van der Waals surface area (Å²) in [4.78, 5) is 12.8. The fourth-order valence-corrected chi connectivity index (χ4v) is 1.43. The summed E-state index contributed by atoms with van der Waals surface area (Å²) in [7, 11) is 0. The van der Waals surface area contributed by atoms with Crippen LogP contribution in [-0.4, -0.2) is 19.5 Å². The standard InChI is InChI=1S/C11H15N5/c1-7(2)10-14-9(12)8(3)11(15-10)16-5-4-13-6-16/h4-7H,1-3H3,(H2,12,14,15). The van der Waals surface area contributed by atoms with Crippen molar-refractivity contribution in [2.24, 2.45) is 0 Å². The van der Waals surface area contributed by atoms with Crippen LogP contribution in [-0.2, 0) is 0 Å². The van der Waals surface area contributed by atoms with Gasteiger partial charge in [0.05, 0.1) is 0 Å². The van der Waals surface area contributed by atoms with E-state index in [1.807, 2.05) is 31.5 Å². The van der Waals surface area contributed by atoms with Gasteiger partial charge in [0.25, 0.3) is 0 Å². The number of rotatable bonds is 2. The van der Waals surface area contributed by atoms with Gasteiger partial charge in [-0.25, -0.2) is 15.0 Å². The molecule has 0 atom stereocenters. The van der Waals surface area contributed by atoms with E-state index in [0.717, 1.165) is 17.2 Å². The quantitative estimate of drug-likeness (QED) is 0.830. The summed E-state index contributed by atoms with van der Waals surface area (Å²) in [5.41, 5.74) is 6.76. The first-order valence-electron chi connectivity index (χ1n) is 5.22. The summed E-state index contributed by atoms with van der Waals surface area (Å²) < 4.78 is 1.85. The molecule has 0 unspecified atom stereocenters. The van der Waals surface area contributed by atoms with E-state index in [2.05, 4.69) is 15.0 Å². The number of nitrogens with zero attached hydrogens (tertiary/aromatic N) is 4. The smallest absolute Gasteiger partial charge is 0.146 e. The zero-order valence-electron chi connectivity index (χ0n) is 9.68. The minimum atomic E-state index is 0.255. The third-order valence-electron chi connectivity index (χ3n) is 2.44. The van der Waals surface area contributed by atoms with Crippen LogP contribution in [0.4, 0.5) is 5.82 Å². The van der Waals surface area contributed by atoms with Crippen molar-refractivity contribution in [2.75, 3.05) is 5.73 Å². The van der Waals surface area contributed by atoms with Gasteiger partial charge in [0, 0.05) is 23.9 Å². The molecule has 0 saturated heterocycles. The number of hydrogen-bond acceptors (Lipinski definition) is 4. The summed E-state index contributed by atoms with van der Waals surface area (Å²) in [6, 6.07) is 0. The number of imidazole rings is 1. The molecule has 84 valence electrons. The maximum absolute atomic E-state index is 5.88. The number of nitrogens with two attached hydrogens (primary N) is 1. The zero-order chi connectivity index (χ0) is 11.7. The number of anilines is 1. The maximum Gasteiger partial charge on any atom is 0.146 e. The SMILES string of the molecule is Cc1c(N)nc(C(C)C)nc1-n1ccnc1. The Morgan fingerprint density at radius 1 is 1.31 bits per heavy atom. The second kappa shape index (κ2) is 3.92. The molecule has 2 N–H and O–H groups in total. The molecule has 2 heterocycles. The summed E-state index contributed by atoms with van der Waals surface area (Å²) >= 11 is 0. The van der Waals surface area contributed by atoms with E-state index in [9.17, 15) is 0 Å². The van der Waals surface area contributed by atoms with Crippen molar-refractivity contribution in [3.63, 3.8) is 0 Å². The van der Waals surface area contributed by atoms with Crippen LogP contribution in [0.25, 0.3) is 5.82 Å². The molecule has 5 nitrogen and oxygen atoms in total. The number of nitrogen functional groups attached to an aromatic ring is 1. The van der Waals surface area contributed by atoms with E-state index < -0.39 is 0 Å². The van der Waals surface area contributed by atoms with Gasteiger partial charge in [-0.2, -0.15) is 0 Å². The fourth-order valence-electron chi connectivity index (χ4n) is 1.43. The number of aromatic nitrogens is 4. The Morgan fingerprint density at radius 3 is 2.62 bits per heavy atom. The first kappa shape index (κ1) is 10.6. The van der Waals surface area contributed by atoms with Gasteiger partial charge in [-0.3, -0.25) is 4.57 Å². The molecule has 0 amide bonds. The molecule has 16 heavy (non-hydrogen) atoms. The Balaban J connectivity index is 2.60. The van der Waals surface area contributed by atoms with Crippen molar-refractivity contribution in [2.45, 2.75) is 26.7 Å². The van der Waals surface area contributed by atoms with Crippen molar-refractivity contribution in [1.82, 2.24) is 19.5 Å². The van der Waals surface area contributed by atoms with Gasteiger partial charge in [0.15, 0.2) is 0 Å². The molecule has 0 radical (unpaired) electrons. The Hall–Kier alpha value is -1.91. The van der Waals surface area contributed by atoms with Crippen LogP contribution in [0.5, 0.6) is 0 Å². The molecule has 0 aliphatic heterocycles. The molecule has 0 aliphatic rings. The second-order valence-electron chi connectivity index (χ2n) is 4.04. The maximum atomic E-state index is 5.88. The van der Waals surface area contributed by atoms with Gasteiger partial charge in [-0.15, -0.1) is 0 Å². The van der Waals surface area contributed by atoms with E-state index in [1.54, 1.807) is 12.5 Å². The lowest BCUT2D eigenvalue weighted by atomic mass is 10.2. The fraction of sp³-hybridized carbons (Fsp3) is 0.364. The van der Waals surface area contributed by atoms with Gasteiger partial charge in [0.2, 0.25) is 0 Å². The van der Waals surface area contributed by atoms with Crippen LogP contribution in [0, 0.1) is 6.92 Å². The largest absolute Gasteiger partial charge is 0.383 e. The predicted octanol–water partition coefficient (Wildman–Crippen LogP) is 1.68. The summed E-state index contributed by atoms with van der Waals surface area (Å²) in [6.45, 7) is 6.00. The lowest BCUT2D eigenvalue weighted by Gasteiger charge is -2.11. The molecular formula is C11H15N5. The van der Waals surface area contributed by atoms with Gasteiger partial charge in [0.1, 0.15) is 23.8 Å². The van der Waals surface area contributed by atoms with Gasteiger partial charge < -0.3 is 5.73 Å². The van der Waals surface area contributed by atoms with Gasteiger partial charge >= 0.3 is 0 Å². The average Bonchev–Trinajstić information content (AvgIpc) is 2.74. The molecule has 2 aromatic heterocycles. The second-order valence-corrected chi connectivity index (χ2v) is 4.04. The van der Waals surface area contributed by atoms with Crippen LogP contribution < -0.4 is 5.73 Å². The van der Waals surface area contributed by atoms with Gasteiger partial charge in [-0.05, 0) is 6.92 Å². The molecule has 0 aromatic carbocycles. The molecule has 2 aromatic rings. The highest BCUT2D eigenvalue weighted by Gasteiger charge is 2.12. The molecular weight excluding hydrogens is 202 g/mol. The van der Waals surface area contributed by atoms with Gasteiger partial charge in [-0.1, -0.05) is 13.8 Å². The first-order chi connectivity index (χ1) is 7.59. The normalized spacial score (nSPS) is 11.0. The van der Waals surface area contributed by atoms with Crippen molar-refractivity contribution < 1.29 is 0 Å². The third-order valence-corrected chi connectivity index (χ3v) is 2.44. The third kappa shape index (κ3) is 1.76. The van der Waals surface area contributed by atoms with Crippen LogP contribution in [0.1, 0.15) is 31.2 Å². The highest BCUT2D eigenvalue weighted by atomic mass is 15.1. The zero-order valence-corrected chi connectivity index (χ0v) is 9.68. The topological polar surface area (TPSA) is 69.6 Å². The van der Waals surface area contributed by atoms with Crippen molar-refractivity contribution in [1.29, 1.82) is 0 Å². The van der Waals surface area contributed by atoms with E-state index in [4.69, 9.17) is 5.73 Å². The summed E-state index contributed by atoms with van der Waals surface area (Å²) in [5, 5.41) is 0. The lowest BCUT2D eigenvalue weighted by molar-refractivity contribution is 0.761. The minimum Gasteiger partial charge on any atom is -0.383 e. The van der Waals surface area contributed by atoms with Crippen LogP contribution in [0.3, 0.4) is 0 Å². The van der Waals surface area contributed by atoms with E-state index in [0.29, 0.717) is 5.82 Å². The van der Waals surface area contributed by atoms with Crippen molar-refractivity contribution >= 4 is 5.82 Å². The molecule has 2 rings (SSSR count). The summed E-state index contributed by atoms with van der Waals surface area (Å²) in [5.74, 6) is 2.34. The Labute approximate surface area is 94.4 Å². The minimum absolute atomic E-state index is 0.255. The summed E-state index contributed by atoms with van der Waals surface area (Å²) in [6.07, 6.45) is 5.27. The van der Waals surface area contributed by atoms with E-state index in [1.165, 1.54) is 0 Å². The first-order valence-corrected chi connectivity index (χ1v) is 5.22. The highest BCUT2D eigenvalue weighted by molar-refractivity contribution is 5.48. The molecule has 0 spiro atoms. The van der Waals surface area contributed by atoms with E-state index >= 15 is 0 Å². The Kier molecular flexibility index (Phi) is 2.60. The van der Waals surface area contributed by atoms with Crippen LogP contribution in [0.15, 0.2) is 18.7 Å². The molecule has 0 aliphatic carbocycles. The molecule has 5 heteroatoms. The van der Waals surface area contributed by atoms with Crippen molar-refractivity contribution in [3.05, 3.63) is 30.1 Å². The molecule has 0 fully saturated rings. The van der Waals surface area contributed by atoms with Crippen LogP contribution >= 0.6 is 0 Å². The van der Waals surface area contributed by atoms with E-state index in [-0.39, 0.29) is 5.92 Å². The molecule has 0 bridgehead atoms. The Morgan fingerprint density at radius 2 is 2.06 bits per heavy atom.